The van der Waals surface area contributed by atoms with E-state index in [2.05, 4.69) is 15.6 Å². The van der Waals surface area contributed by atoms with Crippen LogP contribution in [0.15, 0.2) is 36.5 Å². The summed E-state index contributed by atoms with van der Waals surface area (Å²) >= 11 is 0. The average molecular weight is 1340 g/mol. The molecule has 0 bridgehead atoms. The van der Waals surface area contributed by atoms with Crippen molar-refractivity contribution in [1.82, 2.24) is 25.2 Å². The number of hydrogen-bond acceptors (Lipinski definition) is 26. The lowest BCUT2D eigenvalue weighted by Crippen LogP contribution is -2.59. The number of aryl methyl sites for hydroxylation is 1. The van der Waals surface area contributed by atoms with Gasteiger partial charge < -0.3 is 92.1 Å². The second kappa shape index (κ2) is 45.7. The van der Waals surface area contributed by atoms with E-state index in [0.29, 0.717) is 155 Å². The number of amides is 3. The van der Waals surface area contributed by atoms with E-state index >= 15 is 0 Å². The number of carboxylic acid groups (broad SMARTS) is 1. The Labute approximate surface area is 549 Å². The number of carbonyl (C=O) groups excluding carboxylic acids is 6. The van der Waals surface area contributed by atoms with Crippen molar-refractivity contribution in [2.75, 3.05) is 159 Å². The zero-order valence-corrected chi connectivity index (χ0v) is 55.5. The van der Waals surface area contributed by atoms with Crippen molar-refractivity contribution in [3.05, 3.63) is 58.9 Å². The summed E-state index contributed by atoms with van der Waals surface area (Å²) in [6.45, 7) is 20.1. The van der Waals surface area contributed by atoms with E-state index in [0.717, 1.165) is 17.1 Å². The number of aliphatic carboxylic acids is 1. The summed E-state index contributed by atoms with van der Waals surface area (Å²) in [4.78, 5) is 92.9. The third kappa shape index (κ3) is 31.0. The maximum atomic E-state index is 13.9. The summed E-state index contributed by atoms with van der Waals surface area (Å²) in [5.41, 5.74) is 0.983. The minimum Gasteiger partial charge on any atom is -0.479 e. The number of rotatable bonds is 54. The molecule has 3 amide bonds. The van der Waals surface area contributed by atoms with Crippen LogP contribution in [0, 0.1) is 17.3 Å². The lowest BCUT2D eigenvalue weighted by Gasteiger charge is -2.39. The molecule has 0 saturated carbocycles. The summed E-state index contributed by atoms with van der Waals surface area (Å²) in [6, 6.07) is 2.84. The molecule has 0 unspecified atom stereocenters. The normalized spacial score (nSPS) is 18.5. The van der Waals surface area contributed by atoms with Crippen molar-refractivity contribution < 1.29 is 120 Å². The van der Waals surface area contributed by atoms with Gasteiger partial charge in [0.1, 0.15) is 36.4 Å². The molecule has 1 fully saturated rings. The zero-order chi connectivity index (χ0) is 68.7. The van der Waals surface area contributed by atoms with Gasteiger partial charge in [-0.25, -0.2) is 9.48 Å². The molecular weight excluding hydrogens is 1240 g/mol. The number of ether oxygens (including phenoxy) is 14. The van der Waals surface area contributed by atoms with Gasteiger partial charge in [0.05, 0.1) is 188 Å². The Kier molecular flexibility index (Phi) is 39.3. The van der Waals surface area contributed by atoms with E-state index in [4.69, 9.17) is 66.3 Å². The predicted octanol–water partition coefficient (Wildman–Crippen LogP) is 0.968. The SMILES string of the molecule is COCCOCCOCCOCCOCCOCCOCCOCCOCCOCCOCCOCCn1cc([C@H](CC(=O)C[C@H](C(=O)N[C@@H](C)C(=O)Cc2ccc(COC(=O)C(C)(C)C)c(CC[C@@H]3O[C@H](C(=O)O)[C@@H](O)[C@H](O)[C@H]3O)c2)C(C)C)N2C(=O)C=CC2=O)nn1. The monoisotopic (exact) mass is 1340 g/mol. The van der Waals surface area contributed by atoms with Gasteiger partial charge in [0.15, 0.2) is 11.9 Å². The molecule has 94 heavy (non-hydrogen) atoms. The highest BCUT2D eigenvalue weighted by atomic mass is 16.6. The van der Waals surface area contributed by atoms with Crippen LogP contribution in [-0.2, 0) is 126 Å². The van der Waals surface area contributed by atoms with Gasteiger partial charge in [-0.05, 0) is 63.1 Å². The summed E-state index contributed by atoms with van der Waals surface area (Å²) in [6.07, 6.45) is -5.30. The molecular formula is C64H101N5O25. The number of hydrogen-bond donors (Lipinski definition) is 5. The number of carbonyl (C=O) groups is 7. The van der Waals surface area contributed by atoms with Crippen LogP contribution < -0.4 is 5.32 Å². The van der Waals surface area contributed by atoms with Crippen molar-refractivity contribution in [2.24, 2.45) is 17.3 Å². The van der Waals surface area contributed by atoms with Gasteiger partial charge in [0.2, 0.25) is 5.91 Å². The first-order valence-corrected chi connectivity index (χ1v) is 32.0. The molecule has 2 aromatic rings. The van der Waals surface area contributed by atoms with Crippen LogP contribution in [0.1, 0.15) is 89.2 Å². The third-order valence-electron chi connectivity index (χ3n) is 14.8. The molecule has 532 valence electrons. The van der Waals surface area contributed by atoms with Gasteiger partial charge in [0.25, 0.3) is 11.8 Å². The standard InChI is InChI=1S/C64H101N5O25/c1-44(2)50(61(77)65-45(3)53(71)39-46-8-9-48(43-93-63(80)64(4,5)6)47(38-46)10-11-54-57(74)58(75)59(76)60(94-54)62(78)79)40-49(70)41-52(69-55(72)12-13-56(69)73)51-42-68(67-66-51)14-15-82-18-19-84-22-23-86-26-27-88-30-31-90-34-35-92-37-36-91-33-32-89-29-28-87-25-24-85-21-20-83-17-16-81-7/h8-9,12-13,38,42,44-45,50,52,54,57-60,74-76H,10-11,14-37,39-41,43H2,1-7H3,(H,65,77)(H,78,79)/t45-,50-,52-,54-,57-,58+,59-,60-/m0/s1. The van der Waals surface area contributed by atoms with Crippen LogP contribution >= 0.6 is 0 Å². The van der Waals surface area contributed by atoms with Crippen LogP contribution in [-0.4, -0.2) is 277 Å². The summed E-state index contributed by atoms with van der Waals surface area (Å²) in [5.74, 6) is -6.01. The minimum absolute atomic E-state index is 0.0257. The van der Waals surface area contributed by atoms with Crippen LogP contribution in [0.5, 0.6) is 0 Å². The zero-order valence-electron chi connectivity index (χ0n) is 55.5. The highest BCUT2D eigenvalue weighted by molar-refractivity contribution is 6.13. The largest absolute Gasteiger partial charge is 0.479 e. The fourth-order valence-corrected chi connectivity index (χ4v) is 9.37. The number of nitrogens with one attached hydrogen (secondary N) is 1. The van der Waals surface area contributed by atoms with E-state index in [1.54, 1.807) is 59.9 Å². The average Bonchev–Trinajstić information content (AvgIpc) is 1.43. The van der Waals surface area contributed by atoms with E-state index in [-0.39, 0.29) is 70.1 Å². The Morgan fingerprint density at radius 1 is 0.628 bits per heavy atom. The number of imide groups is 1. The quantitative estimate of drug-likeness (QED) is 0.0350. The van der Waals surface area contributed by atoms with Gasteiger partial charge >= 0.3 is 11.9 Å². The van der Waals surface area contributed by atoms with E-state index < -0.39 is 95.2 Å². The molecule has 0 radical (unpaired) electrons. The molecule has 2 aliphatic rings. The number of benzene rings is 1. The maximum absolute atomic E-state index is 13.9. The Balaban J connectivity index is 1.09. The van der Waals surface area contributed by atoms with Crippen molar-refractivity contribution >= 4 is 41.2 Å². The highest BCUT2D eigenvalue weighted by Crippen LogP contribution is 2.30. The molecule has 4 rings (SSSR count). The number of methoxy groups -OCH3 is 1. The van der Waals surface area contributed by atoms with Crippen molar-refractivity contribution in [1.29, 1.82) is 0 Å². The first-order chi connectivity index (χ1) is 45.1. The molecule has 1 aromatic carbocycles. The first-order valence-electron chi connectivity index (χ1n) is 32.0. The Morgan fingerprint density at radius 3 is 1.54 bits per heavy atom. The van der Waals surface area contributed by atoms with Crippen LogP contribution in [0.25, 0.3) is 0 Å². The van der Waals surface area contributed by atoms with E-state index in [9.17, 15) is 54.0 Å². The Hall–Kier alpha value is -5.65. The van der Waals surface area contributed by atoms with Crippen molar-refractivity contribution in [3.63, 3.8) is 0 Å². The van der Waals surface area contributed by atoms with Crippen LogP contribution in [0.2, 0.25) is 0 Å². The Morgan fingerprint density at radius 2 is 1.10 bits per heavy atom. The van der Waals surface area contributed by atoms with Gasteiger partial charge in [-0.3, -0.25) is 33.7 Å². The number of aromatic nitrogens is 3. The molecule has 1 saturated heterocycles. The fourth-order valence-electron chi connectivity index (χ4n) is 9.37. The molecule has 5 N–H and O–H groups in total. The van der Waals surface area contributed by atoms with Gasteiger partial charge in [0, 0.05) is 44.4 Å². The van der Waals surface area contributed by atoms with E-state index in [1.807, 2.05) is 0 Å². The van der Waals surface area contributed by atoms with Crippen molar-refractivity contribution in [3.8, 4) is 0 Å². The number of esters is 1. The van der Waals surface area contributed by atoms with Gasteiger partial charge in [-0.2, -0.15) is 0 Å². The topological polar surface area (TPSA) is 376 Å². The third-order valence-corrected chi connectivity index (χ3v) is 14.8. The minimum atomic E-state index is -1.87. The summed E-state index contributed by atoms with van der Waals surface area (Å²) in [7, 11) is 1.63. The smallest absolute Gasteiger partial charge is 0.335 e. The predicted molar refractivity (Wildman–Crippen MR) is 332 cm³/mol. The molecule has 3 heterocycles. The molecule has 30 nitrogen and oxygen atoms in total. The van der Waals surface area contributed by atoms with E-state index in [1.165, 1.54) is 17.8 Å². The first kappa shape index (κ1) is 80.8. The van der Waals surface area contributed by atoms with Gasteiger partial charge in [-0.1, -0.05) is 37.3 Å². The molecule has 1 aromatic heterocycles. The number of Topliss-reactive ketones (excluding diaryl/α,β-unsaturated/α-hetero) is 2. The Bertz CT molecular complexity index is 2560. The second-order valence-electron chi connectivity index (χ2n) is 23.6. The molecule has 8 atom stereocenters. The molecule has 2 aliphatic heterocycles. The number of aliphatic hydroxyl groups is 3. The lowest BCUT2D eigenvalue weighted by molar-refractivity contribution is -0.228. The highest BCUT2D eigenvalue weighted by Gasteiger charge is 2.46. The molecule has 0 spiro atoms. The number of aliphatic hydroxyl groups excluding tert-OH is 3. The lowest BCUT2D eigenvalue weighted by atomic mass is 9.87. The van der Waals surface area contributed by atoms with Crippen molar-refractivity contribution in [2.45, 2.75) is 129 Å². The fraction of sp³-hybridized carbons (Fsp3) is 0.734. The summed E-state index contributed by atoms with van der Waals surface area (Å²) < 4.78 is 78.0. The van der Waals surface area contributed by atoms with Crippen LogP contribution in [0.3, 0.4) is 0 Å². The number of carboxylic acids is 1. The van der Waals surface area contributed by atoms with Crippen LogP contribution in [0.4, 0.5) is 0 Å². The summed E-state index contributed by atoms with van der Waals surface area (Å²) in [5, 5.41) is 51.9. The molecule has 0 aliphatic carbocycles. The maximum Gasteiger partial charge on any atom is 0.335 e. The molecule has 30 heteroatoms. The number of nitrogens with zero attached hydrogens (tertiary/aromatic N) is 4. The second-order valence-corrected chi connectivity index (χ2v) is 23.6. The number of ketones is 2. The van der Waals surface area contributed by atoms with Gasteiger partial charge in [-0.15, -0.1) is 5.10 Å².